The lowest BCUT2D eigenvalue weighted by molar-refractivity contribution is 0.112. The standard InChI is InChI=1S/C15H17NO3/c1-9(2)19-11-5-6-14-12(7-11)10(3)13(8-17)15(18)16(14)4/h5-9H,1-4H3. The van der Waals surface area contributed by atoms with Gasteiger partial charge in [-0.1, -0.05) is 0 Å². The number of rotatable bonds is 3. The second-order valence-corrected chi connectivity index (χ2v) is 4.87. The average molecular weight is 259 g/mol. The van der Waals surface area contributed by atoms with Gasteiger partial charge in [0.15, 0.2) is 6.29 Å². The van der Waals surface area contributed by atoms with E-state index in [1.54, 1.807) is 14.0 Å². The summed E-state index contributed by atoms with van der Waals surface area (Å²) in [5, 5.41) is 0.863. The zero-order valence-electron chi connectivity index (χ0n) is 11.6. The summed E-state index contributed by atoms with van der Waals surface area (Å²) < 4.78 is 7.14. The molecule has 0 spiro atoms. The molecule has 0 unspecified atom stereocenters. The lowest BCUT2D eigenvalue weighted by Gasteiger charge is -2.14. The van der Waals surface area contributed by atoms with Crippen LogP contribution in [0.3, 0.4) is 0 Å². The minimum atomic E-state index is -0.266. The Morgan fingerprint density at radius 2 is 2.00 bits per heavy atom. The van der Waals surface area contributed by atoms with Gasteiger partial charge in [0.05, 0.1) is 17.2 Å². The smallest absolute Gasteiger partial charge is 0.261 e. The molecule has 0 saturated heterocycles. The van der Waals surface area contributed by atoms with Crippen molar-refractivity contribution in [2.75, 3.05) is 0 Å². The van der Waals surface area contributed by atoms with Crippen LogP contribution >= 0.6 is 0 Å². The van der Waals surface area contributed by atoms with Crippen LogP contribution in [-0.2, 0) is 7.05 Å². The number of pyridine rings is 1. The van der Waals surface area contributed by atoms with Gasteiger partial charge in [0, 0.05) is 12.4 Å². The fourth-order valence-corrected chi connectivity index (χ4v) is 2.19. The number of hydrogen-bond acceptors (Lipinski definition) is 3. The molecule has 0 aliphatic heterocycles. The third-order valence-electron chi connectivity index (χ3n) is 3.16. The maximum absolute atomic E-state index is 12.0. The quantitative estimate of drug-likeness (QED) is 0.795. The lowest BCUT2D eigenvalue weighted by Crippen LogP contribution is -2.22. The average Bonchev–Trinajstić information content (AvgIpc) is 2.36. The normalized spacial score (nSPS) is 11.0. The highest BCUT2D eigenvalue weighted by Gasteiger charge is 2.12. The number of fused-ring (bicyclic) bond motifs is 1. The zero-order valence-corrected chi connectivity index (χ0v) is 11.6. The first-order valence-corrected chi connectivity index (χ1v) is 6.21. The van der Waals surface area contributed by atoms with Crippen molar-refractivity contribution in [1.29, 1.82) is 0 Å². The minimum absolute atomic E-state index is 0.0795. The fraction of sp³-hybridized carbons (Fsp3) is 0.333. The summed E-state index contributed by atoms with van der Waals surface area (Å²) >= 11 is 0. The number of hydrogen-bond donors (Lipinski definition) is 0. The number of aromatic nitrogens is 1. The first kappa shape index (κ1) is 13.3. The number of aldehydes is 1. The molecule has 2 aromatic rings. The van der Waals surface area contributed by atoms with Gasteiger partial charge in [0.1, 0.15) is 5.75 Å². The second kappa shape index (κ2) is 4.88. The summed E-state index contributed by atoms with van der Waals surface area (Å²) in [6, 6.07) is 5.55. The van der Waals surface area contributed by atoms with Crippen molar-refractivity contribution in [2.24, 2.45) is 7.05 Å². The molecule has 4 heteroatoms. The summed E-state index contributed by atoms with van der Waals surface area (Å²) in [4.78, 5) is 23.1. The van der Waals surface area contributed by atoms with Gasteiger partial charge in [0.25, 0.3) is 5.56 Å². The number of aryl methyl sites for hydroxylation is 2. The number of carbonyl (C=O) groups excluding carboxylic acids is 1. The van der Waals surface area contributed by atoms with Crippen LogP contribution in [0.15, 0.2) is 23.0 Å². The van der Waals surface area contributed by atoms with Crippen molar-refractivity contribution in [1.82, 2.24) is 4.57 Å². The molecule has 1 heterocycles. The zero-order chi connectivity index (χ0) is 14.2. The van der Waals surface area contributed by atoms with Gasteiger partial charge in [-0.15, -0.1) is 0 Å². The van der Waals surface area contributed by atoms with E-state index in [2.05, 4.69) is 0 Å². The number of nitrogens with zero attached hydrogens (tertiary/aromatic N) is 1. The molecule has 0 atom stereocenters. The Hall–Kier alpha value is -2.10. The van der Waals surface area contributed by atoms with E-state index in [1.807, 2.05) is 32.0 Å². The summed E-state index contributed by atoms with van der Waals surface area (Å²) in [6.07, 6.45) is 0.698. The minimum Gasteiger partial charge on any atom is -0.491 e. The molecule has 0 aliphatic carbocycles. The molecular weight excluding hydrogens is 242 g/mol. The first-order chi connectivity index (χ1) is 8.95. The molecule has 0 N–H and O–H groups in total. The topological polar surface area (TPSA) is 48.3 Å². The highest BCUT2D eigenvalue weighted by Crippen LogP contribution is 2.24. The van der Waals surface area contributed by atoms with Crippen LogP contribution in [0.25, 0.3) is 10.9 Å². The molecule has 1 aromatic heterocycles. The Morgan fingerprint density at radius 3 is 2.58 bits per heavy atom. The highest BCUT2D eigenvalue weighted by atomic mass is 16.5. The Bertz CT molecular complexity index is 699. The number of ether oxygens (including phenoxy) is 1. The summed E-state index contributed by atoms with van der Waals surface area (Å²) in [6.45, 7) is 5.69. The molecule has 0 bridgehead atoms. The lowest BCUT2D eigenvalue weighted by atomic mass is 10.0. The summed E-state index contributed by atoms with van der Waals surface area (Å²) in [7, 11) is 1.67. The van der Waals surface area contributed by atoms with Crippen LogP contribution in [0.5, 0.6) is 5.75 Å². The van der Waals surface area contributed by atoms with E-state index < -0.39 is 0 Å². The first-order valence-electron chi connectivity index (χ1n) is 6.21. The SMILES string of the molecule is Cc1c(C=O)c(=O)n(C)c2ccc(OC(C)C)cc12. The van der Waals surface area contributed by atoms with Gasteiger partial charge in [-0.05, 0) is 44.5 Å². The molecular formula is C15H17NO3. The molecule has 100 valence electrons. The molecule has 1 aromatic carbocycles. The fourth-order valence-electron chi connectivity index (χ4n) is 2.19. The predicted molar refractivity (Wildman–Crippen MR) is 75.1 cm³/mol. The van der Waals surface area contributed by atoms with E-state index >= 15 is 0 Å². The molecule has 19 heavy (non-hydrogen) atoms. The second-order valence-electron chi connectivity index (χ2n) is 4.87. The monoisotopic (exact) mass is 259 g/mol. The van der Waals surface area contributed by atoms with Crippen LogP contribution in [0.2, 0.25) is 0 Å². The van der Waals surface area contributed by atoms with Crippen molar-refractivity contribution in [3.63, 3.8) is 0 Å². The van der Waals surface area contributed by atoms with E-state index in [4.69, 9.17) is 4.74 Å². The van der Waals surface area contributed by atoms with Gasteiger partial charge in [0.2, 0.25) is 0 Å². The third kappa shape index (κ3) is 2.26. The molecule has 0 saturated carbocycles. The predicted octanol–water partition coefficient (Wildman–Crippen LogP) is 2.45. The molecule has 0 aliphatic rings. The van der Waals surface area contributed by atoms with Crippen LogP contribution in [0.4, 0.5) is 0 Å². The summed E-state index contributed by atoms with van der Waals surface area (Å²) in [5.41, 5.74) is 1.43. The molecule has 0 amide bonds. The molecule has 4 nitrogen and oxygen atoms in total. The molecule has 2 rings (SSSR count). The van der Waals surface area contributed by atoms with Crippen LogP contribution < -0.4 is 10.3 Å². The largest absolute Gasteiger partial charge is 0.491 e. The maximum Gasteiger partial charge on any atom is 0.261 e. The van der Waals surface area contributed by atoms with Crippen LogP contribution in [0, 0.1) is 6.92 Å². The number of benzene rings is 1. The van der Waals surface area contributed by atoms with Crippen LogP contribution in [-0.4, -0.2) is 17.0 Å². The van der Waals surface area contributed by atoms with E-state index in [0.29, 0.717) is 11.8 Å². The maximum atomic E-state index is 12.0. The molecule has 0 fully saturated rings. The molecule has 0 radical (unpaired) electrons. The van der Waals surface area contributed by atoms with Gasteiger partial charge >= 0.3 is 0 Å². The van der Waals surface area contributed by atoms with Crippen molar-refractivity contribution in [3.05, 3.63) is 39.7 Å². The van der Waals surface area contributed by atoms with E-state index in [9.17, 15) is 9.59 Å². The third-order valence-corrected chi connectivity index (χ3v) is 3.16. The van der Waals surface area contributed by atoms with Gasteiger partial charge in [-0.2, -0.15) is 0 Å². The number of carbonyl (C=O) groups is 1. The van der Waals surface area contributed by atoms with Gasteiger partial charge in [-0.3, -0.25) is 9.59 Å². The Morgan fingerprint density at radius 1 is 1.32 bits per heavy atom. The van der Waals surface area contributed by atoms with Gasteiger partial charge < -0.3 is 9.30 Å². The Kier molecular flexibility index (Phi) is 3.42. The van der Waals surface area contributed by atoms with Gasteiger partial charge in [-0.25, -0.2) is 0 Å². The van der Waals surface area contributed by atoms with Crippen molar-refractivity contribution in [2.45, 2.75) is 26.9 Å². The van der Waals surface area contributed by atoms with E-state index in [1.165, 1.54) is 4.57 Å². The van der Waals surface area contributed by atoms with E-state index in [0.717, 1.165) is 16.7 Å². The Labute approximate surface area is 111 Å². The Balaban J connectivity index is 2.78. The van der Waals surface area contributed by atoms with Crippen molar-refractivity contribution < 1.29 is 9.53 Å². The van der Waals surface area contributed by atoms with Crippen LogP contribution in [0.1, 0.15) is 29.8 Å². The van der Waals surface area contributed by atoms with E-state index in [-0.39, 0.29) is 17.2 Å². The summed E-state index contributed by atoms with van der Waals surface area (Å²) in [5.74, 6) is 0.737. The highest BCUT2D eigenvalue weighted by molar-refractivity contribution is 5.91. The van der Waals surface area contributed by atoms with Crippen molar-refractivity contribution in [3.8, 4) is 5.75 Å². The van der Waals surface area contributed by atoms with Crippen molar-refractivity contribution >= 4 is 17.2 Å².